The molecule has 0 radical (unpaired) electrons. The Balaban J connectivity index is 2.03. The van der Waals surface area contributed by atoms with Crippen LogP contribution in [0.25, 0.3) is 0 Å². The van der Waals surface area contributed by atoms with Crippen molar-refractivity contribution in [2.75, 3.05) is 6.54 Å². The number of halogens is 1. The molecule has 1 aromatic carbocycles. The van der Waals surface area contributed by atoms with Crippen LogP contribution in [0.5, 0.6) is 0 Å². The van der Waals surface area contributed by atoms with E-state index in [2.05, 4.69) is 10.8 Å². The summed E-state index contributed by atoms with van der Waals surface area (Å²) < 4.78 is 26.6. The number of hydrogen-bond acceptors (Lipinski definition) is 2. The summed E-state index contributed by atoms with van der Waals surface area (Å²) in [6.45, 7) is 0.408. The molecule has 0 amide bonds. The summed E-state index contributed by atoms with van der Waals surface area (Å²) in [6.07, 6.45) is 6.52. The van der Waals surface area contributed by atoms with Crippen LogP contribution in [0.2, 0.25) is 5.02 Å². The van der Waals surface area contributed by atoms with Gasteiger partial charge >= 0.3 is 0 Å². The second-order valence-electron chi connectivity index (χ2n) is 4.39. The van der Waals surface area contributed by atoms with Crippen LogP contribution >= 0.6 is 11.6 Å². The minimum absolute atomic E-state index is 0.253. The minimum Gasteiger partial charge on any atom is -0.207 e. The van der Waals surface area contributed by atoms with Gasteiger partial charge in [-0.25, -0.2) is 13.1 Å². The average molecular weight is 286 g/mol. The molecule has 0 fully saturated rings. The van der Waals surface area contributed by atoms with Crippen LogP contribution in [0, 0.1) is 0 Å². The zero-order chi connectivity index (χ0) is 13.0. The molecule has 1 aliphatic rings. The highest BCUT2D eigenvalue weighted by Crippen LogP contribution is 2.18. The van der Waals surface area contributed by atoms with Crippen molar-refractivity contribution in [3.05, 3.63) is 40.9 Å². The fourth-order valence-electron chi connectivity index (χ4n) is 1.95. The van der Waals surface area contributed by atoms with E-state index >= 15 is 0 Å². The number of nitrogens with one attached hydrogen (secondary N) is 1. The molecule has 2 rings (SSSR count). The molecular weight excluding hydrogens is 270 g/mol. The highest BCUT2D eigenvalue weighted by molar-refractivity contribution is 7.89. The standard InChI is InChI=1S/C13H16ClNO2S/c14-12-6-8-13(9-7-12)18(16,17)15-10-11-4-2-1-3-5-11/h4,6-9,15H,1-3,5,10H2. The lowest BCUT2D eigenvalue weighted by atomic mass is 10.0. The predicted molar refractivity (Wildman–Crippen MR) is 73.2 cm³/mol. The van der Waals surface area contributed by atoms with E-state index < -0.39 is 10.0 Å². The van der Waals surface area contributed by atoms with Gasteiger partial charge in [-0.1, -0.05) is 23.3 Å². The highest BCUT2D eigenvalue weighted by atomic mass is 35.5. The van der Waals surface area contributed by atoms with Crippen LogP contribution in [0.4, 0.5) is 0 Å². The number of rotatable bonds is 4. The van der Waals surface area contributed by atoms with Gasteiger partial charge in [0, 0.05) is 11.6 Å². The van der Waals surface area contributed by atoms with Crippen LogP contribution in [0.15, 0.2) is 40.8 Å². The molecule has 98 valence electrons. The Bertz CT molecular complexity index is 535. The van der Waals surface area contributed by atoms with E-state index in [1.54, 1.807) is 12.1 Å². The molecule has 1 aliphatic carbocycles. The first-order chi connectivity index (χ1) is 8.58. The van der Waals surface area contributed by atoms with E-state index in [1.165, 1.54) is 24.1 Å². The van der Waals surface area contributed by atoms with Crippen LogP contribution < -0.4 is 4.72 Å². The zero-order valence-electron chi connectivity index (χ0n) is 10.0. The zero-order valence-corrected chi connectivity index (χ0v) is 11.6. The van der Waals surface area contributed by atoms with Crippen molar-refractivity contribution in [3.63, 3.8) is 0 Å². The number of sulfonamides is 1. The minimum atomic E-state index is -3.43. The van der Waals surface area contributed by atoms with Gasteiger partial charge in [0.15, 0.2) is 0 Å². The summed E-state index contributed by atoms with van der Waals surface area (Å²) in [6, 6.07) is 6.19. The van der Waals surface area contributed by atoms with Crippen molar-refractivity contribution in [3.8, 4) is 0 Å². The van der Waals surface area contributed by atoms with E-state index in [4.69, 9.17) is 11.6 Å². The monoisotopic (exact) mass is 285 g/mol. The average Bonchev–Trinajstić information content (AvgIpc) is 2.38. The van der Waals surface area contributed by atoms with Gasteiger partial charge in [0.1, 0.15) is 0 Å². The Morgan fingerprint density at radius 2 is 1.89 bits per heavy atom. The maximum Gasteiger partial charge on any atom is 0.240 e. The number of hydrogen-bond donors (Lipinski definition) is 1. The van der Waals surface area contributed by atoms with Gasteiger partial charge < -0.3 is 0 Å². The van der Waals surface area contributed by atoms with Crippen LogP contribution in [-0.4, -0.2) is 15.0 Å². The molecule has 0 bridgehead atoms. The van der Waals surface area contributed by atoms with Crippen molar-refractivity contribution in [2.24, 2.45) is 0 Å². The number of benzene rings is 1. The van der Waals surface area contributed by atoms with Gasteiger partial charge in [-0.05, 0) is 49.9 Å². The molecule has 1 aromatic rings. The molecule has 0 spiro atoms. The van der Waals surface area contributed by atoms with E-state index in [0.29, 0.717) is 11.6 Å². The van der Waals surface area contributed by atoms with E-state index in [0.717, 1.165) is 19.3 Å². The maximum atomic E-state index is 12.0. The normalized spacial score (nSPS) is 16.4. The largest absolute Gasteiger partial charge is 0.240 e. The first-order valence-corrected chi connectivity index (χ1v) is 7.87. The Labute approximate surface area is 113 Å². The molecule has 3 nitrogen and oxygen atoms in total. The third kappa shape index (κ3) is 3.57. The summed E-state index contributed by atoms with van der Waals surface area (Å²) in [5, 5.41) is 0.531. The lowest BCUT2D eigenvalue weighted by Crippen LogP contribution is -2.26. The lowest BCUT2D eigenvalue weighted by Gasteiger charge is -2.13. The molecule has 5 heteroatoms. The number of allylic oxidation sites excluding steroid dienone is 1. The second kappa shape index (κ2) is 5.87. The summed E-state index contributed by atoms with van der Waals surface area (Å²) in [4.78, 5) is 0.253. The summed E-state index contributed by atoms with van der Waals surface area (Å²) >= 11 is 5.74. The SMILES string of the molecule is O=S(=O)(NCC1=CCCCC1)c1ccc(Cl)cc1. The fourth-order valence-corrected chi connectivity index (χ4v) is 3.11. The summed E-state index contributed by atoms with van der Waals surface area (Å²) in [5.41, 5.74) is 1.18. The van der Waals surface area contributed by atoms with E-state index in [9.17, 15) is 8.42 Å². The van der Waals surface area contributed by atoms with Crippen molar-refractivity contribution in [1.82, 2.24) is 4.72 Å². The second-order valence-corrected chi connectivity index (χ2v) is 6.59. The third-order valence-corrected chi connectivity index (χ3v) is 4.67. The summed E-state index contributed by atoms with van der Waals surface area (Å²) in [5.74, 6) is 0. The van der Waals surface area contributed by atoms with Crippen molar-refractivity contribution >= 4 is 21.6 Å². The van der Waals surface area contributed by atoms with Crippen LogP contribution in [0.1, 0.15) is 25.7 Å². The Kier molecular flexibility index (Phi) is 4.43. The van der Waals surface area contributed by atoms with Gasteiger partial charge in [0.05, 0.1) is 4.90 Å². The highest BCUT2D eigenvalue weighted by Gasteiger charge is 2.14. The van der Waals surface area contributed by atoms with Crippen LogP contribution in [0.3, 0.4) is 0 Å². The van der Waals surface area contributed by atoms with Crippen molar-refractivity contribution in [1.29, 1.82) is 0 Å². The molecule has 0 aromatic heterocycles. The molecular formula is C13H16ClNO2S. The Morgan fingerprint density at radius 1 is 1.17 bits per heavy atom. The van der Waals surface area contributed by atoms with Gasteiger partial charge in [0.2, 0.25) is 10.0 Å². The third-order valence-electron chi connectivity index (χ3n) is 3.00. The molecule has 0 aliphatic heterocycles. The molecule has 0 atom stereocenters. The molecule has 0 heterocycles. The molecule has 18 heavy (non-hydrogen) atoms. The quantitative estimate of drug-likeness (QED) is 0.864. The smallest absolute Gasteiger partial charge is 0.207 e. The lowest BCUT2D eigenvalue weighted by molar-refractivity contribution is 0.582. The Morgan fingerprint density at radius 3 is 2.50 bits per heavy atom. The predicted octanol–water partition coefficient (Wildman–Crippen LogP) is 3.12. The van der Waals surface area contributed by atoms with Crippen molar-refractivity contribution in [2.45, 2.75) is 30.6 Å². The molecule has 0 unspecified atom stereocenters. The van der Waals surface area contributed by atoms with E-state index in [-0.39, 0.29) is 4.90 Å². The first-order valence-electron chi connectivity index (χ1n) is 6.01. The first kappa shape index (κ1) is 13.6. The van der Waals surface area contributed by atoms with Crippen LogP contribution in [-0.2, 0) is 10.0 Å². The summed E-state index contributed by atoms with van der Waals surface area (Å²) in [7, 11) is -3.43. The van der Waals surface area contributed by atoms with Gasteiger partial charge in [-0.2, -0.15) is 0 Å². The maximum absolute atomic E-state index is 12.0. The van der Waals surface area contributed by atoms with Crippen molar-refractivity contribution < 1.29 is 8.42 Å². The molecule has 0 saturated heterocycles. The molecule has 0 saturated carbocycles. The van der Waals surface area contributed by atoms with E-state index in [1.807, 2.05) is 0 Å². The van der Waals surface area contributed by atoms with Gasteiger partial charge in [0.25, 0.3) is 0 Å². The Hall–Kier alpha value is -0.840. The molecule has 1 N–H and O–H groups in total. The fraction of sp³-hybridized carbons (Fsp3) is 0.385. The topological polar surface area (TPSA) is 46.2 Å². The van der Waals surface area contributed by atoms with Gasteiger partial charge in [-0.15, -0.1) is 0 Å². The van der Waals surface area contributed by atoms with Gasteiger partial charge in [-0.3, -0.25) is 0 Å².